The molecule has 0 saturated heterocycles. The molecule has 2 N–H and O–H groups in total. The average Bonchev–Trinajstić information content (AvgIpc) is 3.38. The molecular weight excluding hydrogens is 416 g/mol. The van der Waals surface area contributed by atoms with Crippen LogP contribution < -0.4 is 5.32 Å². The molecule has 33 heavy (non-hydrogen) atoms. The zero-order valence-electron chi connectivity index (χ0n) is 18.9. The number of benzene rings is 2. The summed E-state index contributed by atoms with van der Waals surface area (Å²) < 4.78 is 7.82. The molecule has 172 valence electrons. The number of hydrogen-bond donors (Lipinski definition) is 2. The zero-order chi connectivity index (χ0) is 23.2. The molecule has 2 aromatic carbocycles. The standard InChI is InChI=1S/C27H30N2O4/c1-2-15-29-16-7-8-20(29)17-19(13-14-26(30)31)28-27(32)33-18-25-23-11-5-3-9-21(23)22-10-4-6-12-24(22)25/h3-12,16,19,25H,2,13-15,17-18H2,1H3,(H,28,32)(H,30,31). The number of carboxylic acid groups (broad SMARTS) is 1. The Labute approximate surface area is 194 Å². The number of fused-ring (bicyclic) bond motifs is 3. The van der Waals surface area contributed by atoms with Gasteiger partial charge in [-0.25, -0.2) is 4.79 Å². The van der Waals surface area contributed by atoms with Crippen LogP contribution in [0.2, 0.25) is 0 Å². The van der Waals surface area contributed by atoms with E-state index in [0.29, 0.717) is 12.8 Å². The van der Waals surface area contributed by atoms with Crippen LogP contribution >= 0.6 is 0 Å². The molecule has 0 bridgehead atoms. The summed E-state index contributed by atoms with van der Waals surface area (Å²) in [5.74, 6) is -0.888. The summed E-state index contributed by atoms with van der Waals surface area (Å²) >= 11 is 0. The maximum Gasteiger partial charge on any atom is 0.407 e. The summed E-state index contributed by atoms with van der Waals surface area (Å²) in [6, 6.07) is 20.1. The van der Waals surface area contributed by atoms with Crippen LogP contribution in [0.25, 0.3) is 11.1 Å². The van der Waals surface area contributed by atoms with E-state index in [1.807, 2.05) is 42.6 Å². The molecule has 1 aliphatic rings. The van der Waals surface area contributed by atoms with Gasteiger partial charge in [-0.15, -0.1) is 0 Å². The lowest BCUT2D eigenvalue weighted by Crippen LogP contribution is -2.38. The first-order valence-electron chi connectivity index (χ1n) is 11.5. The van der Waals surface area contributed by atoms with E-state index < -0.39 is 12.1 Å². The molecule has 4 rings (SSSR count). The van der Waals surface area contributed by atoms with Crippen molar-refractivity contribution < 1.29 is 19.4 Å². The molecule has 0 fully saturated rings. The lowest BCUT2D eigenvalue weighted by atomic mass is 9.98. The summed E-state index contributed by atoms with van der Waals surface area (Å²) in [7, 11) is 0. The van der Waals surface area contributed by atoms with Crippen LogP contribution in [0.5, 0.6) is 0 Å². The van der Waals surface area contributed by atoms with E-state index in [-0.39, 0.29) is 25.0 Å². The Kier molecular flexibility index (Phi) is 7.13. The van der Waals surface area contributed by atoms with Gasteiger partial charge in [-0.3, -0.25) is 4.79 Å². The summed E-state index contributed by atoms with van der Waals surface area (Å²) in [6.07, 6.45) is 3.40. The van der Waals surface area contributed by atoms with Crippen molar-refractivity contribution in [1.29, 1.82) is 0 Å². The van der Waals surface area contributed by atoms with Crippen molar-refractivity contribution in [3.05, 3.63) is 83.7 Å². The minimum Gasteiger partial charge on any atom is -0.481 e. The van der Waals surface area contributed by atoms with Gasteiger partial charge < -0.3 is 19.7 Å². The summed E-state index contributed by atoms with van der Waals surface area (Å²) in [6.45, 7) is 3.23. The number of aliphatic carboxylic acids is 1. The molecule has 0 radical (unpaired) electrons. The number of rotatable bonds is 10. The van der Waals surface area contributed by atoms with Gasteiger partial charge in [0.2, 0.25) is 0 Å². The number of amides is 1. The molecule has 1 unspecified atom stereocenters. The van der Waals surface area contributed by atoms with Crippen molar-refractivity contribution in [3.8, 4) is 11.1 Å². The molecule has 6 nitrogen and oxygen atoms in total. The lowest BCUT2D eigenvalue weighted by molar-refractivity contribution is -0.137. The molecule has 6 heteroatoms. The monoisotopic (exact) mass is 446 g/mol. The number of ether oxygens (including phenoxy) is 1. The normalized spacial score (nSPS) is 13.2. The SMILES string of the molecule is CCCn1cccc1CC(CCC(=O)O)NC(=O)OCC1c2ccccc2-c2ccccc21. The van der Waals surface area contributed by atoms with Gasteiger partial charge in [0.25, 0.3) is 0 Å². The van der Waals surface area contributed by atoms with Crippen LogP contribution in [0, 0.1) is 0 Å². The Morgan fingerprint density at radius 1 is 1.03 bits per heavy atom. The van der Waals surface area contributed by atoms with Gasteiger partial charge in [0, 0.05) is 43.2 Å². The maximum atomic E-state index is 12.7. The van der Waals surface area contributed by atoms with Gasteiger partial charge in [0.05, 0.1) is 0 Å². The maximum absolute atomic E-state index is 12.7. The molecule has 3 aromatic rings. The summed E-state index contributed by atoms with van der Waals surface area (Å²) in [5.41, 5.74) is 5.75. The smallest absolute Gasteiger partial charge is 0.407 e. The Morgan fingerprint density at radius 3 is 2.33 bits per heavy atom. The van der Waals surface area contributed by atoms with Crippen molar-refractivity contribution in [2.24, 2.45) is 0 Å². The summed E-state index contributed by atoms with van der Waals surface area (Å²) in [5, 5.41) is 12.1. The minimum atomic E-state index is -0.877. The Balaban J connectivity index is 1.42. The minimum absolute atomic E-state index is 0.0111. The largest absolute Gasteiger partial charge is 0.481 e. The molecule has 0 saturated carbocycles. The van der Waals surface area contributed by atoms with E-state index in [0.717, 1.165) is 29.8 Å². The van der Waals surface area contributed by atoms with Crippen LogP contribution in [-0.2, 0) is 22.5 Å². The second-order valence-electron chi connectivity index (χ2n) is 8.50. The second kappa shape index (κ2) is 10.4. The van der Waals surface area contributed by atoms with E-state index in [2.05, 4.69) is 41.1 Å². The summed E-state index contributed by atoms with van der Waals surface area (Å²) in [4.78, 5) is 23.9. The zero-order valence-corrected chi connectivity index (χ0v) is 18.9. The number of nitrogens with one attached hydrogen (secondary N) is 1. The van der Waals surface area contributed by atoms with Crippen LogP contribution in [0.4, 0.5) is 4.79 Å². The van der Waals surface area contributed by atoms with Gasteiger partial charge in [0.15, 0.2) is 0 Å². The second-order valence-corrected chi connectivity index (χ2v) is 8.50. The molecule has 1 heterocycles. The predicted molar refractivity (Wildman–Crippen MR) is 127 cm³/mol. The predicted octanol–water partition coefficient (Wildman–Crippen LogP) is 5.21. The fourth-order valence-corrected chi connectivity index (χ4v) is 4.68. The Morgan fingerprint density at radius 2 is 1.70 bits per heavy atom. The molecule has 0 spiro atoms. The Bertz CT molecular complexity index is 1080. The van der Waals surface area contributed by atoms with Crippen LogP contribution in [0.1, 0.15) is 48.9 Å². The third kappa shape index (κ3) is 5.28. The molecule has 1 aliphatic carbocycles. The fraction of sp³-hybridized carbons (Fsp3) is 0.333. The highest BCUT2D eigenvalue weighted by Gasteiger charge is 2.29. The first kappa shape index (κ1) is 22.6. The van der Waals surface area contributed by atoms with Crippen molar-refractivity contribution in [2.45, 2.75) is 51.1 Å². The molecule has 0 aliphatic heterocycles. The van der Waals surface area contributed by atoms with E-state index in [1.165, 1.54) is 11.1 Å². The third-order valence-corrected chi connectivity index (χ3v) is 6.22. The fourth-order valence-electron chi connectivity index (χ4n) is 4.68. The molecule has 1 amide bonds. The van der Waals surface area contributed by atoms with Crippen molar-refractivity contribution in [3.63, 3.8) is 0 Å². The van der Waals surface area contributed by atoms with E-state index in [4.69, 9.17) is 9.84 Å². The van der Waals surface area contributed by atoms with Crippen molar-refractivity contribution in [2.75, 3.05) is 6.61 Å². The van der Waals surface area contributed by atoms with Gasteiger partial charge >= 0.3 is 12.1 Å². The number of aryl methyl sites for hydroxylation is 1. The first-order chi connectivity index (χ1) is 16.1. The number of carbonyl (C=O) groups is 2. The van der Waals surface area contributed by atoms with Gasteiger partial charge in [-0.05, 0) is 47.2 Å². The number of carboxylic acids is 1. The van der Waals surface area contributed by atoms with Crippen molar-refractivity contribution in [1.82, 2.24) is 9.88 Å². The highest BCUT2D eigenvalue weighted by molar-refractivity contribution is 5.79. The quantitative estimate of drug-likeness (QED) is 0.448. The van der Waals surface area contributed by atoms with Gasteiger partial charge in [-0.2, -0.15) is 0 Å². The molecular formula is C27H30N2O4. The number of alkyl carbamates (subject to hydrolysis) is 1. The van der Waals surface area contributed by atoms with Crippen LogP contribution in [0.3, 0.4) is 0 Å². The van der Waals surface area contributed by atoms with Gasteiger partial charge in [0.1, 0.15) is 6.61 Å². The van der Waals surface area contributed by atoms with Crippen molar-refractivity contribution >= 4 is 12.1 Å². The van der Waals surface area contributed by atoms with Gasteiger partial charge in [-0.1, -0.05) is 55.5 Å². The topological polar surface area (TPSA) is 80.6 Å². The van der Waals surface area contributed by atoms with E-state index >= 15 is 0 Å². The average molecular weight is 447 g/mol. The van der Waals surface area contributed by atoms with Crippen LogP contribution in [0.15, 0.2) is 66.9 Å². The van der Waals surface area contributed by atoms with Crippen LogP contribution in [-0.4, -0.2) is 34.4 Å². The lowest BCUT2D eigenvalue weighted by Gasteiger charge is -2.20. The number of carbonyl (C=O) groups excluding carboxylic acids is 1. The first-order valence-corrected chi connectivity index (χ1v) is 11.5. The van der Waals surface area contributed by atoms with E-state index in [9.17, 15) is 9.59 Å². The van der Waals surface area contributed by atoms with E-state index in [1.54, 1.807) is 0 Å². The number of aromatic nitrogens is 1. The Hall–Kier alpha value is -3.54. The molecule has 1 atom stereocenters. The highest BCUT2D eigenvalue weighted by Crippen LogP contribution is 2.44. The highest BCUT2D eigenvalue weighted by atomic mass is 16.5. The number of nitrogens with zero attached hydrogens (tertiary/aromatic N) is 1. The molecule has 1 aromatic heterocycles. The number of hydrogen-bond acceptors (Lipinski definition) is 3. The third-order valence-electron chi connectivity index (χ3n) is 6.22.